The number of nitrogens with zero attached hydrogens (tertiary/aromatic N) is 2. The minimum absolute atomic E-state index is 0.123. The van der Waals surface area contributed by atoms with E-state index in [2.05, 4.69) is 10.3 Å². The maximum absolute atomic E-state index is 14.5. The van der Waals surface area contributed by atoms with Gasteiger partial charge in [0.15, 0.2) is 0 Å². The summed E-state index contributed by atoms with van der Waals surface area (Å²) in [6, 6.07) is 6.63. The minimum Gasteiger partial charge on any atom is -0.481 e. The number of carbonyl (C=O) groups excluding carboxylic acids is 1. The molecule has 3 rings (SSSR count). The predicted octanol–water partition coefficient (Wildman–Crippen LogP) is 3.74. The van der Waals surface area contributed by atoms with Gasteiger partial charge in [0.25, 0.3) is 5.91 Å². The molecular weight excluding hydrogens is 377 g/mol. The second-order valence-corrected chi connectivity index (χ2v) is 7.95. The summed E-state index contributed by atoms with van der Waals surface area (Å²) in [5, 5.41) is 12.2. The van der Waals surface area contributed by atoms with Gasteiger partial charge < -0.3 is 15.2 Å². The van der Waals surface area contributed by atoms with Crippen LogP contribution in [0.4, 0.5) is 14.9 Å². The van der Waals surface area contributed by atoms with Crippen LogP contribution in [0.2, 0.25) is 0 Å². The number of benzene rings is 1. The molecular formula is C21H24FN3O4. The molecule has 0 radical (unpaired) electrons. The van der Waals surface area contributed by atoms with Crippen molar-refractivity contribution >= 4 is 17.7 Å². The van der Waals surface area contributed by atoms with Gasteiger partial charge in [0.2, 0.25) is 5.88 Å². The van der Waals surface area contributed by atoms with Gasteiger partial charge in [-0.15, -0.1) is 0 Å². The van der Waals surface area contributed by atoms with Crippen molar-refractivity contribution in [2.45, 2.75) is 38.6 Å². The van der Waals surface area contributed by atoms with E-state index in [1.165, 1.54) is 13.2 Å². The van der Waals surface area contributed by atoms with Crippen molar-refractivity contribution in [1.82, 2.24) is 9.88 Å². The summed E-state index contributed by atoms with van der Waals surface area (Å²) >= 11 is 0. The van der Waals surface area contributed by atoms with Gasteiger partial charge in [-0.25, -0.2) is 14.2 Å². The summed E-state index contributed by atoms with van der Waals surface area (Å²) in [4.78, 5) is 30.1. The van der Waals surface area contributed by atoms with E-state index in [-0.39, 0.29) is 17.6 Å². The van der Waals surface area contributed by atoms with Crippen LogP contribution in [-0.4, -0.2) is 40.6 Å². The van der Waals surface area contributed by atoms with Crippen LogP contribution >= 0.6 is 0 Å². The van der Waals surface area contributed by atoms with Gasteiger partial charge in [0.05, 0.1) is 12.8 Å². The fourth-order valence-corrected chi connectivity index (χ4v) is 3.48. The highest BCUT2D eigenvalue weighted by Crippen LogP contribution is 2.32. The van der Waals surface area contributed by atoms with Crippen LogP contribution in [0.5, 0.6) is 5.88 Å². The second kappa shape index (κ2) is 7.69. The first-order chi connectivity index (χ1) is 13.6. The van der Waals surface area contributed by atoms with E-state index in [9.17, 15) is 19.1 Å². The van der Waals surface area contributed by atoms with E-state index < -0.39 is 23.9 Å². The Kier molecular flexibility index (Phi) is 5.46. The Morgan fingerprint density at radius 3 is 2.59 bits per heavy atom. The van der Waals surface area contributed by atoms with Crippen molar-refractivity contribution in [3.8, 4) is 5.88 Å². The van der Waals surface area contributed by atoms with Crippen LogP contribution in [0.1, 0.15) is 43.6 Å². The SMILES string of the molecule is COc1ccc2c(n1)CCN(C(=O)O)C2C(=O)Nc1ccc(C(C)(C)C)c(F)c1. The smallest absolute Gasteiger partial charge is 0.408 e. The van der Waals surface area contributed by atoms with Gasteiger partial charge in [0, 0.05) is 30.3 Å². The Labute approximate surface area is 168 Å². The third-order valence-corrected chi connectivity index (χ3v) is 4.93. The van der Waals surface area contributed by atoms with Gasteiger partial charge in [-0.1, -0.05) is 26.8 Å². The normalized spacial score (nSPS) is 16.2. The number of ether oxygens (including phenoxy) is 1. The number of nitrogens with one attached hydrogen (secondary N) is 1. The summed E-state index contributed by atoms with van der Waals surface area (Å²) in [7, 11) is 1.49. The number of hydrogen-bond donors (Lipinski definition) is 2. The van der Waals surface area contributed by atoms with Crippen molar-refractivity contribution in [3.05, 3.63) is 53.0 Å². The van der Waals surface area contributed by atoms with Gasteiger partial charge in [-0.2, -0.15) is 0 Å². The molecule has 0 fully saturated rings. The molecule has 2 aromatic rings. The maximum Gasteiger partial charge on any atom is 0.408 e. The molecule has 7 nitrogen and oxygen atoms in total. The number of halogens is 1. The molecule has 29 heavy (non-hydrogen) atoms. The quantitative estimate of drug-likeness (QED) is 0.817. The third-order valence-electron chi connectivity index (χ3n) is 4.93. The zero-order chi connectivity index (χ0) is 21.3. The highest BCUT2D eigenvalue weighted by Gasteiger charge is 2.37. The van der Waals surface area contributed by atoms with Gasteiger partial charge in [-0.05, 0) is 29.2 Å². The highest BCUT2D eigenvalue weighted by atomic mass is 19.1. The van der Waals surface area contributed by atoms with Crippen molar-refractivity contribution in [2.24, 2.45) is 0 Å². The molecule has 2 amide bonds. The number of fused-ring (bicyclic) bond motifs is 1. The largest absolute Gasteiger partial charge is 0.481 e. The van der Waals surface area contributed by atoms with Crippen LogP contribution in [0.25, 0.3) is 0 Å². The van der Waals surface area contributed by atoms with Crippen molar-refractivity contribution in [2.75, 3.05) is 19.0 Å². The number of aromatic nitrogens is 1. The zero-order valence-corrected chi connectivity index (χ0v) is 16.8. The fourth-order valence-electron chi connectivity index (χ4n) is 3.48. The third kappa shape index (κ3) is 4.16. The molecule has 2 N–H and O–H groups in total. The Bertz CT molecular complexity index is 955. The van der Waals surface area contributed by atoms with Crippen LogP contribution in [0.15, 0.2) is 30.3 Å². The molecule has 0 spiro atoms. The minimum atomic E-state index is -1.21. The average molecular weight is 401 g/mol. The van der Waals surface area contributed by atoms with Crippen molar-refractivity contribution in [3.63, 3.8) is 0 Å². The van der Waals surface area contributed by atoms with E-state index in [0.29, 0.717) is 29.1 Å². The van der Waals surface area contributed by atoms with E-state index in [1.54, 1.807) is 24.3 Å². The van der Waals surface area contributed by atoms with E-state index in [0.717, 1.165) is 4.90 Å². The summed E-state index contributed by atoms with van der Waals surface area (Å²) in [6.45, 7) is 5.82. The lowest BCUT2D eigenvalue weighted by Gasteiger charge is -2.33. The van der Waals surface area contributed by atoms with Crippen LogP contribution in [0.3, 0.4) is 0 Å². The fraction of sp³-hybridized carbons (Fsp3) is 0.381. The highest BCUT2D eigenvalue weighted by molar-refractivity contribution is 5.97. The Hall–Kier alpha value is -3.16. The molecule has 8 heteroatoms. The van der Waals surface area contributed by atoms with Crippen LogP contribution in [-0.2, 0) is 16.6 Å². The second-order valence-electron chi connectivity index (χ2n) is 7.95. The molecule has 0 saturated heterocycles. The van der Waals surface area contributed by atoms with E-state index in [1.807, 2.05) is 20.8 Å². The molecule has 1 unspecified atom stereocenters. The molecule has 1 aromatic heterocycles. The summed E-state index contributed by atoms with van der Waals surface area (Å²) < 4.78 is 19.6. The summed E-state index contributed by atoms with van der Waals surface area (Å²) in [6.07, 6.45) is -0.835. The molecule has 0 saturated carbocycles. The number of pyridine rings is 1. The molecule has 2 heterocycles. The number of methoxy groups -OCH3 is 1. The molecule has 1 aromatic carbocycles. The zero-order valence-electron chi connectivity index (χ0n) is 16.8. The van der Waals surface area contributed by atoms with Gasteiger partial charge in [0.1, 0.15) is 11.9 Å². The summed E-state index contributed by atoms with van der Waals surface area (Å²) in [5.74, 6) is -0.601. The number of carbonyl (C=O) groups is 2. The maximum atomic E-state index is 14.5. The molecule has 1 aliphatic heterocycles. The molecule has 1 atom stereocenters. The monoisotopic (exact) mass is 401 g/mol. The van der Waals surface area contributed by atoms with Crippen molar-refractivity contribution < 1.29 is 23.8 Å². The van der Waals surface area contributed by atoms with Crippen LogP contribution in [0, 0.1) is 5.82 Å². The van der Waals surface area contributed by atoms with Crippen LogP contribution < -0.4 is 10.1 Å². The topological polar surface area (TPSA) is 91.8 Å². The van der Waals surface area contributed by atoms with E-state index in [4.69, 9.17) is 4.74 Å². The number of amides is 2. The average Bonchev–Trinajstić information content (AvgIpc) is 2.65. The first-order valence-electron chi connectivity index (χ1n) is 9.26. The number of anilines is 1. The molecule has 0 bridgehead atoms. The van der Waals surface area contributed by atoms with Gasteiger partial charge >= 0.3 is 6.09 Å². The van der Waals surface area contributed by atoms with Gasteiger partial charge in [-0.3, -0.25) is 9.69 Å². The predicted molar refractivity (Wildman–Crippen MR) is 106 cm³/mol. The Balaban J connectivity index is 1.92. The number of hydrogen-bond acceptors (Lipinski definition) is 4. The number of rotatable bonds is 3. The molecule has 154 valence electrons. The standard InChI is InChI=1S/C21H24FN3O4/c1-21(2,3)14-7-5-12(11-15(14)22)23-19(26)18-13-6-8-17(29-4)24-16(13)9-10-25(18)20(27)28/h5-8,11,18H,9-10H2,1-4H3,(H,23,26)(H,27,28). The Morgan fingerprint density at radius 1 is 1.28 bits per heavy atom. The Morgan fingerprint density at radius 2 is 2.00 bits per heavy atom. The lowest BCUT2D eigenvalue weighted by Crippen LogP contribution is -2.45. The van der Waals surface area contributed by atoms with Crippen molar-refractivity contribution in [1.29, 1.82) is 0 Å². The van der Waals surface area contributed by atoms with E-state index >= 15 is 0 Å². The first kappa shape index (κ1) is 20.6. The summed E-state index contributed by atoms with van der Waals surface area (Å²) in [5.41, 5.74) is 1.51. The first-order valence-corrected chi connectivity index (χ1v) is 9.26. The number of carboxylic acid groups (broad SMARTS) is 1. The molecule has 0 aliphatic carbocycles. The molecule has 1 aliphatic rings. The lowest BCUT2D eigenvalue weighted by molar-refractivity contribution is -0.121. The lowest BCUT2D eigenvalue weighted by atomic mass is 9.86.